The lowest BCUT2D eigenvalue weighted by Crippen LogP contribution is -2.38. The van der Waals surface area contributed by atoms with Gasteiger partial charge in [-0.05, 0) is 55.4 Å². The second-order valence-corrected chi connectivity index (χ2v) is 11.5. The lowest BCUT2D eigenvalue weighted by atomic mass is 9.95. The van der Waals surface area contributed by atoms with Gasteiger partial charge in [-0.25, -0.2) is 13.4 Å². The van der Waals surface area contributed by atoms with Crippen LogP contribution in [-0.2, 0) is 28.3 Å². The van der Waals surface area contributed by atoms with Crippen molar-refractivity contribution in [1.82, 2.24) is 18.8 Å². The number of piperidine rings is 1. The van der Waals surface area contributed by atoms with E-state index < -0.39 is 16.0 Å². The van der Waals surface area contributed by atoms with E-state index in [1.165, 1.54) is 16.4 Å². The summed E-state index contributed by atoms with van der Waals surface area (Å²) in [7, 11) is -2.03. The van der Waals surface area contributed by atoms with Gasteiger partial charge in [-0.15, -0.1) is 0 Å². The van der Waals surface area contributed by atoms with E-state index in [1.807, 2.05) is 13.1 Å². The van der Waals surface area contributed by atoms with Crippen LogP contribution in [0.5, 0.6) is 5.75 Å². The molecule has 0 saturated carbocycles. The molecule has 0 amide bonds. The van der Waals surface area contributed by atoms with Crippen LogP contribution in [-0.4, -0.2) is 58.0 Å². The number of fused-ring (bicyclic) bond motifs is 1. The molecule has 1 saturated heterocycles. The van der Waals surface area contributed by atoms with Crippen molar-refractivity contribution in [3.05, 3.63) is 40.3 Å². The third-order valence-corrected chi connectivity index (χ3v) is 8.66. The minimum absolute atomic E-state index is 0.0338. The third kappa shape index (κ3) is 5.57. The van der Waals surface area contributed by atoms with Gasteiger partial charge in [0.05, 0.1) is 22.6 Å². The monoisotopic (exact) mass is 530 g/mol. The average Bonchev–Trinajstić information content (AvgIpc) is 3.18. The molecule has 2 aromatic heterocycles. The summed E-state index contributed by atoms with van der Waals surface area (Å²) in [4.78, 5) is 31.8. The predicted octanol–water partition coefficient (Wildman–Crippen LogP) is 3.55. The summed E-state index contributed by atoms with van der Waals surface area (Å²) in [6.45, 7) is 4.97. The number of rotatable bonds is 10. The van der Waals surface area contributed by atoms with E-state index in [-0.39, 0.29) is 41.7 Å². The van der Waals surface area contributed by atoms with Crippen molar-refractivity contribution >= 4 is 27.0 Å². The number of benzene rings is 1. The first-order valence-electron chi connectivity index (χ1n) is 12.7. The van der Waals surface area contributed by atoms with Gasteiger partial charge in [0.1, 0.15) is 17.1 Å². The molecule has 0 bridgehead atoms. The van der Waals surface area contributed by atoms with Crippen LogP contribution in [0.1, 0.15) is 51.5 Å². The van der Waals surface area contributed by atoms with Crippen LogP contribution in [0.15, 0.2) is 34.1 Å². The van der Waals surface area contributed by atoms with E-state index >= 15 is 0 Å². The Morgan fingerprint density at radius 2 is 1.95 bits per heavy atom. The quantitative estimate of drug-likeness (QED) is 0.409. The van der Waals surface area contributed by atoms with Gasteiger partial charge in [-0.3, -0.25) is 9.59 Å². The maximum Gasteiger partial charge on any atom is 0.303 e. The molecule has 0 unspecified atom stereocenters. The van der Waals surface area contributed by atoms with Crippen molar-refractivity contribution < 1.29 is 23.1 Å². The number of nitrogens with one attached hydrogen (secondary N) is 1. The average molecular weight is 531 g/mol. The number of aromatic nitrogens is 3. The standard InChI is InChI=1S/C26H34N4O6S/c1-4-6-18-16-29(3)24-23(18)27-25(28-26(24)33)20-15-19(7-8-21(20)36-13-5-2)37(34,35)30-11-9-17(10-12-30)14-22(31)32/h7-8,15-17H,4-6,9-14H2,1-3H3,(H,31,32)(H,27,28,33). The number of carboxylic acid groups (broad SMARTS) is 1. The molecular formula is C26H34N4O6S. The van der Waals surface area contributed by atoms with Crippen molar-refractivity contribution in [2.45, 2.75) is 57.3 Å². The first-order chi connectivity index (χ1) is 17.6. The van der Waals surface area contributed by atoms with Crippen LogP contribution in [0.2, 0.25) is 0 Å². The summed E-state index contributed by atoms with van der Waals surface area (Å²) in [6.07, 6.45) is 5.36. The normalized spacial score (nSPS) is 15.3. The Morgan fingerprint density at radius 1 is 1.22 bits per heavy atom. The number of nitrogens with zero attached hydrogens (tertiary/aromatic N) is 3. The number of hydrogen-bond donors (Lipinski definition) is 2. The molecule has 0 aliphatic carbocycles. The van der Waals surface area contributed by atoms with Crippen molar-refractivity contribution in [3.63, 3.8) is 0 Å². The van der Waals surface area contributed by atoms with E-state index in [4.69, 9.17) is 14.8 Å². The van der Waals surface area contributed by atoms with Crippen LogP contribution < -0.4 is 10.3 Å². The van der Waals surface area contributed by atoms with Gasteiger partial charge >= 0.3 is 5.97 Å². The summed E-state index contributed by atoms with van der Waals surface area (Å²) in [5, 5.41) is 9.05. The zero-order valence-corrected chi connectivity index (χ0v) is 22.3. The Labute approximate surface area is 216 Å². The number of sulfonamides is 1. The van der Waals surface area contributed by atoms with Crippen LogP contribution >= 0.6 is 0 Å². The van der Waals surface area contributed by atoms with E-state index in [9.17, 15) is 18.0 Å². The van der Waals surface area contributed by atoms with Crippen molar-refractivity contribution in [2.24, 2.45) is 13.0 Å². The Kier molecular flexibility index (Phi) is 8.03. The van der Waals surface area contributed by atoms with E-state index in [0.717, 1.165) is 24.8 Å². The minimum atomic E-state index is -3.84. The van der Waals surface area contributed by atoms with Crippen molar-refractivity contribution in [2.75, 3.05) is 19.7 Å². The molecule has 4 rings (SSSR count). The lowest BCUT2D eigenvalue weighted by Gasteiger charge is -2.30. The van der Waals surface area contributed by atoms with Crippen molar-refractivity contribution in [3.8, 4) is 17.1 Å². The highest BCUT2D eigenvalue weighted by Crippen LogP contribution is 2.33. The fourth-order valence-electron chi connectivity index (χ4n) is 4.90. The van der Waals surface area contributed by atoms with Crippen LogP contribution in [0.4, 0.5) is 0 Å². The first-order valence-corrected chi connectivity index (χ1v) is 14.2. The summed E-state index contributed by atoms with van der Waals surface area (Å²) in [6, 6.07) is 4.63. The van der Waals surface area contributed by atoms with Gasteiger partial charge in [0.25, 0.3) is 5.56 Å². The summed E-state index contributed by atoms with van der Waals surface area (Å²) in [5.41, 5.74) is 2.12. The number of carboxylic acids is 1. The maximum atomic E-state index is 13.5. The molecule has 200 valence electrons. The molecule has 1 aliphatic heterocycles. The third-order valence-electron chi connectivity index (χ3n) is 6.76. The maximum absolute atomic E-state index is 13.5. The fourth-order valence-corrected chi connectivity index (χ4v) is 6.40. The van der Waals surface area contributed by atoms with Crippen LogP contribution in [0, 0.1) is 5.92 Å². The molecule has 0 radical (unpaired) electrons. The fraction of sp³-hybridized carbons (Fsp3) is 0.500. The van der Waals surface area contributed by atoms with Gasteiger partial charge in [0.2, 0.25) is 10.0 Å². The van der Waals surface area contributed by atoms with Gasteiger partial charge in [-0.1, -0.05) is 20.3 Å². The van der Waals surface area contributed by atoms with Gasteiger partial charge in [0, 0.05) is 32.8 Å². The van der Waals surface area contributed by atoms with Gasteiger partial charge in [-0.2, -0.15) is 4.31 Å². The van der Waals surface area contributed by atoms with E-state index in [1.54, 1.807) is 17.7 Å². The zero-order chi connectivity index (χ0) is 26.7. The number of carbonyl (C=O) groups is 1. The van der Waals surface area contributed by atoms with Crippen molar-refractivity contribution in [1.29, 1.82) is 0 Å². The number of aromatic amines is 1. The SMILES string of the molecule is CCCOc1ccc(S(=O)(=O)N2CCC(CC(=O)O)CC2)cc1-c1nc2c(CCC)cn(C)c2c(=O)[nH]1. The largest absolute Gasteiger partial charge is 0.493 e. The minimum Gasteiger partial charge on any atom is -0.493 e. The van der Waals surface area contributed by atoms with Gasteiger partial charge < -0.3 is 19.4 Å². The molecule has 0 spiro atoms. The molecule has 1 fully saturated rings. The highest BCUT2D eigenvalue weighted by molar-refractivity contribution is 7.89. The van der Waals surface area contributed by atoms with E-state index in [0.29, 0.717) is 41.8 Å². The summed E-state index contributed by atoms with van der Waals surface area (Å²) < 4.78 is 36.1. The van der Waals surface area contributed by atoms with Gasteiger partial charge in [0.15, 0.2) is 0 Å². The molecule has 0 atom stereocenters. The Balaban J connectivity index is 1.76. The highest BCUT2D eigenvalue weighted by atomic mass is 32.2. The zero-order valence-electron chi connectivity index (χ0n) is 21.5. The molecular weight excluding hydrogens is 496 g/mol. The number of aliphatic carboxylic acids is 1. The highest BCUT2D eigenvalue weighted by Gasteiger charge is 2.31. The second-order valence-electron chi connectivity index (χ2n) is 9.58. The number of hydrogen-bond acceptors (Lipinski definition) is 6. The second kappa shape index (κ2) is 11.1. The van der Waals surface area contributed by atoms with Crippen LogP contribution in [0.25, 0.3) is 22.4 Å². The topological polar surface area (TPSA) is 135 Å². The lowest BCUT2D eigenvalue weighted by molar-refractivity contribution is -0.138. The first kappa shape index (κ1) is 26.9. The number of H-pyrrole nitrogens is 1. The summed E-state index contributed by atoms with van der Waals surface area (Å²) >= 11 is 0. The van der Waals surface area contributed by atoms with E-state index in [2.05, 4.69) is 11.9 Å². The Morgan fingerprint density at radius 3 is 2.59 bits per heavy atom. The molecule has 3 aromatic rings. The summed E-state index contributed by atoms with van der Waals surface area (Å²) in [5.74, 6) is -0.207. The number of aryl methyl sites for hydroxylation is 2. The smallest absolute Gasteiger partial charge is 0.303 e. The molecule has 1 aliphatic rings. The Hall–Kier alpha value is -3.18. The molecule has 10 nitrogen and oxygen atoms in total. The molecule has 37 heavy (non-hydrogen) atoms. The molecule has 2 N–H and O–H groups in total. The molecule has 1 aromatic carbocycles. The molecule has 3 heterocycles. The Bertz CT molecular complexity index is 1450. The van der Waals surface area contributed by atoms with Crippen LogP contribution in [0.3, 0.4) is 0 Å². The number of ether oxygens (including phenoxy) is 1. The molecule has 11 heteroatoms. The predicted molar refractivity (Wildman–Crippen MR) is 140 cm³/mol.